The number of nitrogens with one attached hydrogen (secondary N) is 2. The molecule has 3 rings (SSSR count). The summed E-state index contributed by atoms with van der Waals surface area (Å²) in [5.74, 6) is -2.14. The van der Waals surface area contributed by atoms with Crippen LogP contribution in [0, 0.1) is 15.2 Å². The molecule has 0 spiro atoms. The molecule has 0 saturated carbocycles. The number of benzene rings is 3. The number of hydrogen-bond donors (Lipinski definition) is 3. The van der Waals surface area contributed by atoms with Crippen LogP contribution < -0.4 is 10.6 Å². The summed E-state index contributed by atoms with van der Waals surface area (Å²) in [5, 5.41) is 17.1. The molecule has 0 heterocycles. The highest BCUT2D eigenvalue weighted by atomic mass is 127. The maximum atomic E-state index is 13.8. The molecule has 3 aromatic carbocycles. The Bertz CT molecular complexity index is 1210. The SMILES string of the molecule is CC(C)=Cc1ccc(C(C)C(=O)N[C@H](Cc2cc(F)cc(F)c2)[C@H](O)CNCc2cccc(I)c2)cc1. The monoisotopic (exact) mass is 618 g/mol. The third kappa shape index (κ3) is 9.32. The quantitative estimate of drug-likeness (QED) is 0.232. The van der Waals surface area contributed by atoms with Crippen LogP contribution >= 0.6 is 22.6 Å². The summed E-state index contributed by atoms with van der Waals surface area (Å²) in [6.45, 7) is 6.58. The van der Waals surface area contributed by atoms with E-state index in [2.05, 4.69) is 39.3 Å². The molecule has 0 aliphatic heterocycles. The molecule has 0 aliphatic carbocycles. The number of carbonyl (C=O) groups is 1. The van der Waals surface area contributed by atoms with Gasteiger partial charge in [0.1, 0.15) is 11.6 Å². The van der Waals surface area contributed by atoms with Gasteiger partial charge in [0.05, 0.1) is 18.1 Å². The average molecular weight is 619 g/mol. The van der Waals surface area contributed by atoms with Crippen molar-refractivity contribution in [2.45, 2.75) is 51.8 Å². The molecule has 7 heteroatoms. The number of aliphatic hydroxyl groups is 1. The number of carbonyl (C=O) groups excluding carboxylic acids is 1. The Hall–Kier alpha value is -2.62. The summed E-state index contributed by atoms with van der Waals surface area (Å²) in [6, 6.07) is 18.2. The fraction of sp³-hybridized carbons (Fsp3) is 0.300. The van der Waals surface area contributed by atoms with E-state index >= 15 is 0 Å². The number of allylic oxidation sites excluding steroid dienone is 1. The Labute approximate surface area is 231 Å². The third-order valence-electron chi connectivity index (χ3n) is 6.03. The number of halogens is 3. The van der Waals surface area contributed by atoms with Crippen LogP contribution in [0.25, 0.3) is 6.08 Å². The molecule has 0 fully saturated rings. The lowest BCUT2D eigenvalue weighted by Gasteiger charge is -2.26. The van der Waals surface area contributed by atoms with E-state index in [9.17, 15) is 18.7 Å². The van der Waals surface area contributed by atoms with Gasteiger partial charge in [0.2, 0.25) is 5.91 Å². The van der Waals surface area contributed by atoms with Gasteiger partial charge in [-0.3, -0.25) is 4.79 Å². The number of hydrogen-bond acceptors (Lipinski definition) is 3. The summed E-state index contributed by atoms with van der Waals surface area (Å²) in [6.07, 6.45) is 1.16. The Morgan fingerprint density at radius 3 is 2.30 bits per heavy atom. The number of amides is 1. The van der Waals surface area contributed by atoms with Gasteiger partial charge in [-0.1, -0.05) is 48.0 Å². The van der Waals surface area contributed by atoms with Gasteiger partial charge in [0.25, 0.3) is 0 Å². The predicted octanol–water partition coefficient (Wildman–Crippen LogP) is 5.97. The molecule has 1 unspecified atom stereocenters. The Morgan fingerprint density at radius 2 is 1.68 bits per heavy atom. The van der Waals surface area contributed by atoms with Gasteiger partial charge in [0, 0.05) is 22.7 Å². The van der Waals surface area contributed by atoms with Gasteiger partial charge >= 0.3 is 0 Å². The summed E-state index contributed by atoms with van der Waals surface area (Å²) < 4.78 is 28.7. The Kier molecular flexibility index (Phi) is 10.8. The van der Waals surface area contributed by atoms with Gasteiger partial charge in [-0.15, -0.1) is 0 Å². The van der Waals surface area contributed by atoms with Crippen molar-refractivity contribution in [2.24, 2.45) is 0 Å². The van der Waals surface area contributed by atoms with E-state index in [1.54, 1.807) is 6.92 Å². The van der Waals surface area contributed by atoms with Crippen LogP contribution in [0.15, 0.2) is 72.3 Å². The normalized spacial score (nSPS) is 13.5. The van der Waals surface area contributed by atoms with Crippen molar-refractivity contribution >= 4 is 34.6 Å². The maximum Gasteiger partial charge on any atom is 0.227 e. The highest BCUT2D eigenvalue weighted by Crippen LogP contribution is 2.19. The summed E-state index contributed by atoms with van der Waals surface area (Å²) in [5.41, 5.74) is 4.50. The molecule has 4 nitrogen and oxygen atoms in total. The molecule has 3 N–H and O–H groups in total. The van der Waals surface area contributed by atoms with Gasteiger partial charge in [-0.25, -0.2) is 8.78 Å². The lowest BCUT2D eigenvalue weighted by Crippen LogP contribution is -2.49. The number of aliphatic hydroxyl groups excluding tert-OH is 1. The molecule has 0 aromatic heterocycles. The van der Waals surface area contributed by atoms with Crippen molar-refractivity contribution in [2.75, 3.05) is 6.54 Å². The molecular weight excluding hydrogens is 585 g/mol. The average Bonchev–Trinajstić information content (AvgIpc) is 2.82. The van der Waals surface area contributed by atoms with E-state index in [0.717, 1.165) is 26.3 Å². The molecule has 0 aliphatic rings. The Balaban J connectivity index is 1.71. The molecule has 1 amide bonds. The molecule has 37 heavy (non-hydrogen) atoms. The molecular formula is C30H33F2IN2O2. The van der Waals surface area contributed by atoms with E-state index in [-0.39, 0.29) is 18.9 Å². The second-order valence-electron chi connectivity index (χ2n) is 9.54. The number of rotatable bonds is 11. The summed E-state index contributed by atoms with van der Waals surface area (Å²) >= 11 is 2.24. The first-order valence-corrected chi connectivity index (χ1v) is 13.3. The van der Waals surface area contributed by atoms with E-state index in [1.807, 2.05) is 62.4 Å². The standard InChI is InChI=1S/C30H33F2IN2O2/c1-19(2)11-21-7-9-24(10-8-21)20(3)30(37)35-28(15-23-12-25(31)16-26(32)13-23)29(36)18-34-17-22-5-4-6-27(33)14-22/h4-14,16,20,28-29,34,36H,15,17-18H2,1-3H3,(H,35,37)/t20?,28-,29-/m1/s1. The van der Waals surface area contributed by atoms with Crippen molar-refractivity contribution in [1.82, 2.24) is 10.6 Å². The first-order valence-electron chi connectivity index (χ1n) is 12.2. The van der Waals surface area contributed by atoms with Crippen molar-refractivity contribution < 1.29 is 18.7 Å². The van der Waals surface area contributed by atoms with Crippen LogP contribution in [0.4, 0.5) is 8.78 Å². The minimum Gasteiger partial charge on any atom is -0.390 e. The molecule has 196 valence electrons. The summed E-state index contributed by atoms with van der Waals surface area (Å²) in [4.78, 5) is 13.2. The molecule has 3 atom stereocenters. The van der Waals surface area contributed by atoms with E-state index in [0.29, 0.717) is 12.1 Å². The van der Waals surface area contributed by atoms with E-state index in [4.69, 9.17) is 0 Å². The van der Waals surface area contributed by atoms with Crippen LogP contribution in [-0.4, -0.2) is 29.7 Å². The molecule has 0 radical (unpaired) electrons. The molecule has 0 saturated heterocycles. The lowest BCUT2D eigenvalue weighted by atomic mass is 9.96. The maximum absolute atomic E-state index is 13.8. The van der Waals surface area contributed by atoms with Gasteiger partial charge in [0.15, 0.2) is 0 Å². The molecule has 0 bridgehead atoms. The minimum atomic E-state index is -0.981. The zero-order valence-electron chi connectivity index (χ0n) is 21.3. The zero-order chi connectivity index (χ0) is 26.9. The fourth-order valence-electron chi connectivity index (χ4n) is 4.09. The second kappa shape index (κ2) is 13.8. The first kappa shape index (κ1) is 28.9. The summed E-state index contributed by atoms with van der Waals surface area (Å²) in [7, 11) is 0. The molecule has 3 aromatic rings. The first-order chi connectivity index (χ1) is 17.6. The Morgan fingerprint density at radius 1 is 1.00 bits per heavy atom. The van der Waals surface area contributed by atoms with Gasteiger partial charge in [-0.05, 0) is 96.3 Å². The van der Waals surface area contributed by atoms with Crippen LogP contribution in [0.5, 0.6) is 0 Å². The second-order valence-corrected chi connectivity index (χ2v) is 10.8. The van der Waals surface area contributed by atoms with Crippen molar-refractivity contribution in [1.29, 1.82) is 0 Å². The van der Waals surface area contributed by atoms with Crippen LogP contribution in [0.2, 0.25) is 0 Å². The smallest absolute Gasteiger partial charge is 0.227 e. The third-order valence-corrected chi connectivity index (χ3v) is 6.70. The van der Waals surface area contributed by atoms with Crippen LogP contribution in [-0.2, 0) is 17.8 Å². The minimum absolute atomic E-state index is 0.0821. The topological polar surface area (TPSA) is 61.4 Å². The highest BCUT2D eigenvalue weighted by Gasteiger charge is 2.25. The lowest BCUT2D eigenvalue weighted by molar-refractivity contribution is -0.123. The highest BCUT2D eigenvalue weighted by molar-refractivity contribution is 14.1. The predicted molar refractivity (Wildman–Crippen MR) is 153 cm³/mol. The van der Waals surface area contributed by atoms with E-state index < -0.39 is 29.7 Å². The van der Waals surface area contributed by atoms with Gasteiger partial charge in [-0.2, -0.15) is 0 Å². The van der Waals surface area contributed by atoms with Gasteiger partial charge < -0.3 is 15.7 Å². The van der Waals surface area contributed by atoms with Crippen molar-refractivity contribution in [3.05, 3.63) is 110 Å². The van der Waals surface area contributed by atoms with Crippen molar-refractivity contribution in [3.63, 3.8) is 0 Å². The van der Waals surface area contributed by atoms with Crippen molar-refractivity contribution in [3.8, 4) is 0 Å². The van der Waals surface area contributed by atoms with Crippen LogP contribution in [0.3, 0.4) is 0 Å². The van der Waals surface area contributed by atoms with Crippen LogP contribution in [0.1, 0.15) is 48.9 Å². The largest absolute Gasteiger partial charge is 0.390 e. The fourth-order valence-corrected chi connectivity index (χ4v) is 4.70. The zero-order valence-corrected chi connectivity index (χ0v) is 23.4. The van der Waals surface area contributed by atoms with E-state index in [1.165, 1.54) is 17.7 Å².